The number of hydrogen-bond acceptors (Lipinski definition) is 3. The van der Waals surface area contributed by atoms with Gasteiger partial charge in [-0.3, -0.25) is 4.79 Å². The van der Waals surface area contributed by atoms with Gasteiger partial charge >= 0.3 is 5.97 Å². The van der Waals surface area contributed by atoms with Crippen molar-refractivity contribution in [2.24, 2.45) is 22.7 Å². The molecule has 3 rings (SSSR count). The first-order chi connectivity index (χ1) is 8.93. The Hall–Kier alpha value is -1.12. The summed E-state index contributed by atoms with van der Waals surface area (Å²) in [5.41, 5.74) is 0.884. The molecule has 0 aromatic heterocycles. The number of allylic oxidation sites excluding steroid dienone is 1. The van der Waals surface area contributed by atoms with Crippen molar-refractivity contribution in [1.82, 2.24) is 0 Å². The average molecular weight is 262 g/mol. The van der Waals surface area contributed by atoms with Gasteiger partial charge in [0, 0.05) is 12.3 Å². The van der Waals surface area contributed by atoms with Crippen LogP contribution in [-0.4, -0.2) is 18.4 Å². The molecule has 104 valence electrons. The van der Waals surface area contributed by atoms with Crippen LogP contribution in [0.3, 0.4) is 0 Å². The van der Waals surface area contributed by atoms with Gasteiger partial charge in [0.05, 0.1) is 5.41 Å². The van der Waals surface area contributed by atoms with Crippen LogP contribution in [0.25, 0.3) is 0 Å². The second-order valence-electron chi connectivity index (χ2n) is 6.99. The van der Waals surface area contributed by atoms with Crippen LogP contribution in [0.4, 0.5) is 0 Å². The van der Waals surface area contributed by atoms with Crippen LogP contribution in [-0.2, 0) is 14.3 Å². The summed E-state index contributed by atoms with van der Waals surface area (Å²) >= 11 is 0. The number of carbonyl (C=O) groups excluding carboxylic acids is 2. The summed E-state index contributed by atoms with van der Waals surface area (Å²) in [4.78, 5) is 23.3. The second-order valence-corrected chi connectivity index (χ2v) is 6.99. The van der Waals surface area contributed by atoms with E-state index in [-0.39, 0.29) is 34.7 Å². The molecule has 2 fully saturated rings. The van der Waals surface area contributed by atoms with Crippen molar-refractivity contribution < 1.29 is 14.3 Å². The zero-order valence-corrected chi connectivity index (χ0v) is 11.9. The first kappa shape index (κ1) is 12.9. The van der Waals surface area contributed by atoms with E-state index >= 15 is 0 Å². The lowest BCUT2D eigenvalue weighted by atomic mass is 9.48. The van der Waals surface area contributed by atoms with Gasteiger partial charge in [-0.25, -0.2) is 0 Å². The van der Waals surface area contributed by atoms with Crippen LogP contribution < -0.4 is 0 Å². The van der Waals surface area contributed by atoms with Crippen molar-refractivity contribution in [2.45, 2.75) is 52.6 Å². The second kappa shape index (κ2) is 3.94. The molecule has 0 radical (unpaired) electrons. The van der Waals surface area contributed by atoms with Crippen LogP contribution in [0, 0.1) is 22.7 Å². The normalized spacial score (nSPS) is 48.3. The van der Waals surface area contributed by atoms with Gasteiger partial charge in [0.25, 0.3) is 0 Å². The zero-order valence-electron chi connectivity index (χ0n) is 11.9. The summed E-state index contributed by atoms with van der Waals surface area (Å²) in [6, 6.07) is 0. The Bertz CT molecular complexity index is 467. The standard InChI is InChI=1S/C16H22O3/c1-10-9-12-13-15(2,11(10)5-8-17)6-4-7-16(13,3)14(18)19-12/h8-9,11-13H,4-7H2,1-3H3/t11-,12+,13+,15+,16-/m0/s1. The van der Waals surface area contributed by atoms with Crippen molar-refractivity contribution in [2.75, 3.05) is 0 Å². The molecular formula is C16H22O3. The molecule has 1 aliphatic heterocycles. The van der Waals surface area contributed by atoms with Crippen molar-refractivity contribution in [3.8, 4) is 0 Å². The summed E-state index contributed by atoms with van der Waals surface area (Å²) in [7, 11) is 0. The summed E-state index contributed by atoms with van der Waals surface area (Å²) < 4.78 is 5.64. The Morgan fingerprint density at radius 1 is 1.42 bits per heavy atom. The highest BCUT2D eigenvalue weighted by molar-refractivity contribution is 5.80. The van der Waals surface area contributed by atoms with Gasteiger partial charge in [0.15, 0.2) is 0 Å². The molecule has 3 aliphatic rings. The van der Waals surface area contributed by atoms with Gasteiger partial charge in [0.1, 0.15) is 12.4 Å². The summed E-state index contributed by atoms with van der Waals surface area (Å²) in [5, 5.41) is 0. The van der Waals surface area contributed by atoms with Crippen molar-refractivity contribution in [1.29, 1.82) is 0 Å². The van der Waals surface area contributed by atoms with E-state index in [0.717, 1.165) is 25.5 Å². The van der Waals surface area contributed by atoms with Gasteiger partial charge in [-0.15, -0.1) is 0 Å². The summed E-state index contributed by atoms with van der Waals surface area (Å²) in [6.07, 6.45) is 6.66. The van der Waals surface area contributed by atoms with Gasteiger partial charge in [-0.05, 0) is 44.1 Å². The predicted octanol–water partition coefficient (Wildman–Crippen LogP) is 2.89. The van der Waals surface area contributed by atoms with E-state index in [1.807, 2.05) is 0 Å². The van der Waals surface area contributed by atoms with Crippen LogP contribution in [0.1, 0.15) is 46.5 Å². The lowest BCUT2D eigenvalue weighted by molar-refractivity contribution is -0.148. The Morgan fingerprint density at radius 2 is 2.16 bits per heavy atom. The molecule has 3 nitrogen and oxygen atoms in total. The SMILES string of the molecule is CC1=C[C@H]2OC(=O)[C@@]3(C)CCC[C@@](C)([C@@H]23)[C@H]1CC=O. The van der Waals surface area contributed by atoms with E-state index in [1.165, 1.54) is 5.57 Å². The number of aldehydes is 1. The van der Waals surface area contributed by atoms with Gasteiger partial charge in [-0.1, -0.05) is 18.9 Å². The average Bonchev–Trinajstić information content (AvgIpc) is 2.58. The molecule has 0 spiro atoms. The van der Waals surface area contributed by atoms with Crippen LogP contribution >= 0.6 is 0 Å². The third kappa shape index (κ3) is 1.50. The van der Waals surface area contributed by atoms with E-state index in [1.54, 1.807) is 0 Å². The molecule has 0 amide bonds. The van der Waals surface area contributed by atoms with Crippen LogP contribution in [0.15, 0.2) is 11.6 Å². The van der Waals surface area contributed by atoms with Gasteiger partial charge < -0.3 is 9.53 Å². The number of ether oxygens (including phenoxy) is 1. The maximum atomic E-state index is 12.3. The fourth-order valence-corrected chi connectivity index (χ4v) is 5.14. The monoisotopic (exact) mass is 262 g/mol. The topological polar surface area (TPSA) is 43.4 Å². The number of carbonyl (C=O) groups is 2. The van der Waals surface area contributed by atoms with Crippen LogP contribution in [0.2, 0.25) is 0 Å². The maximum absolute atomic E-state index is 12.3. The van der Waals surface area contributed by atoms with Crippen molar-refractivity contribution >= 4 is 12.3 Å². The predicted molar refractivity (Wildman–Crippen MR) is 71.4 cm³/mol. The number of esters is 1. The molecule has 0 aromatic carbocycles. The highest BCUT2D eigenvalue weighted by Gasteiger charge is 2.65. The Labute approximate surface area is 114 Å². The molecule has 19 heavy (non-hydrogen) atoms. The first-order valence-corrected chi connectivity index (χ1v) is 7.26. The fraction of sp³-hybridized carbons (Fsp3) is 0.750. The quantitative estimate of drug-likeness (QED) is 0.436. The molecule has 0 bridgehead atoms. The molecule has 5 atom stereocenters. The van der Waals surface area contributed by atoms with Gasteiger partial charge in [0.2, 0.25) is 0 Å². The molecular weight excluding hydrogens is 240 g/mol. The Kier molecular flexibility index (Phi) is 2.67. The highest BCUT2D eigenvalue weighted by Crippen LogP contribution is 2.63. The third-order valence-corrected chi connectivity index (χ3v) is 5.95. The molecule has 0 unspecified atom stereocenters. The molecule has 1 heterocycles. The number of hydrogen-bond donors (Lipinski definition) is 0. The molecule has 0 N–H and O–H groups in total. The minimum atomic E-state index is -0.351. The van der Waals surface area contributed by atoms with Crippen molar-refractivity contribution in [3.05, 3.63) is 11.6 Å². The van der Waals surface area contributed by atoms with E-state index < -0.39 is 0 Å². The lowest BCUT2D eigenvalue weighted by Gasteiger charge is -2.53. The van der Waals surface area contributed by atoms with E-state index in [9.17, 15) is 9.59 Å². The summed E-state index contributed by atoms with van der Waals surface area (Å²) in [6.45, 7) is 6.40. The lowest BCUT2D eigenvalue weighted by Crippen LogP contribution is -2.52. The van der Waals surface area contributed by atoms with E-state index in [0.29, 0.717) is 6.42 Å². The minimum Gasteiger partial charge on any atom is -0.457 e. The Morgan fingerprint density at radius 3 is 2.84 bits per heavy atom. The molecule has 1 saturated heterocycles. The number of rotatable bonds is 2. The van der Waals surface area contributed by atoms with Crippen LogP contribution in [0.5, 0.6) is 0 Å². The highest BCUT2D eigenvalue weighted by atomic mass is 16.6. The largest absolute Gasteiger partial charge is 0.457 e. The van der Waals surface area contributed by atoms with E-state index in [2.05, 4.69) is 26.8 Å². The molecule has 0 aromatic rings. The third-order valence-electron chi connectivity index (χ3n) is 5.95. The minimum absolute atomic E-state index is 0.0174. The fourth-order valence-electron chi connectivity index (χ4n) is 5.14. The summed E-state index contributed by atoms with van der Waals surface area (Å²) in [5.74, 6) is 0.458. The zero-order chi connectivity index (χ0) is 13.8. The van der Waals surface area contributed by atoms with Crippen molar-refractivity contribution in [3.63, 3.8) is 0 Å². The Balaban J connectivity index is 2.11. The molecule has 2 aliphatic carbocycles. The van der Waals surface area contributed by atoms with E-state index in [4.69, 9.17) is 4.74 Å². The van der Waals surface area contributed by atoms with Gasteiger partial charge in [-0.2, -0.15) is 0 Å². The first-order valence-electron chi connectivity index (χ1n) is 7.26. The molecule has 1 saturated carbocycles. The smallest absolute Gasteiger partial charge is 0.312 e. The maximum Gasteiger partial charge on any atom is 0.312 e. The molecule has 3 heteroatoms.